The third kappa shape index (κ3) is 3.87. The highest BCUT2D eigenvalue weighted by Crippen LogP contribution is 2.19. The van der Waals surface area contributed by atoms with Crippen molar-refractivity contribution in [2.24, 2.45) is 0 Å². The molecule has 0 aliphatic carbocycles. The molecule has 0 saturated carbocycles. The molecule has 102 valence electrons. The Bertz CT molecular complexity index is 527. The van der Waals surface area contributed by atoms with Crippen LogP contribution in [0.5, 0.6) is 0 Å². The van der Waals surface area contributed by atoms with Crippen LogP contribution in [0.15, 0.2) is 34.9 Å². The number of nitrogens with zero attached hydrogens (tertiary/aromatic N) is 2. The first-order valence-corrected chi connectivity index (χ1v) is 6.22. The van der Waals surface area contributed by atoms with Gasteiger partial charge < -0.3 is 9.73 Å². The molecule has 0 aliphatic rings. The van der Waals surface area contributed by atoms with Gasteiger partial charge >= 0.3 is 0 Å². The van der Waals surface area contributed by atoms with Gasteiger partial charge in [0.1, 0.15) is 12.1 Å². The Morgan fingerprint density at radius 2 is 2.26 bits per heavy atom. The smallest absolute Gasteiger partial charge is 0.226 e. The lowest BCUT2D eigenvalue weighted by Crippen LogP contribution is -2.27. The first kappa shape index (κ1) is 13.7. The van der Waals surface area contributed by atoms with Crippen molar-refractivity contribution in [2.45, 2.75) is 6.54 Å². The van der Waals surface area contributed by atoms with Gasteiger partial charge in [0, 0.05) is 25.2 Å². The fourth-order valence-corrected chi connectivity index (χ4v) is 1.79. The third-order valence-electron chi connectivity index (χ3n) is 2.80. The zero-order valence-corrected chi connectivity index (χ0v) is 11.2. The molecule has 0 spiro atoms. The second kappa shape index (κ2) is 6.45. The van der Waals surface area contributed by atoms with Crippen molar-refractivity contribution in [1.29, 1.82) is 0 Å². The summed E-state index contributed by atoms with van der Waals surface area (Å²) in [6.07, 6.45) is 1.62. The molecule has 0 atom stereocenters. The van der Waals surface area contributed by atoms with Crippen molar-refractivity contribution in [3.63, 3.8) is 0 Å². The van der Waals surface area contributed by atoms with Crippen molar-refractivity contribution in [3.05, 3.63) is 42.0 Å². The van der Waals surface area contributed by atoms with Crippen LogP contribution < -0.4 is 5.32 Å². The molecule has 2 rings (SSSR count). The Balaban J connectivity index is 2.03. The first-order valence-electron chi connectivity index (χ1n) is 6.22. The maximum absolute atomic E-state index is 13.1. The lowest BCUT2D eigenvalue weighted by atomic mass is 10.2. The largest absolute Gasteiger partial charge is 0.444 e. The van der Waals surface area contributed by atoms with Crippen LogP contribution >= 0.6 is 0 Å². The molecule has 0 radical (unpaired) electrons. The average molecular weight is 263 g/mol. The summed E-state index contributed by atoms with van der Waals surface area (Å²) in [5.74, 6) is 0.167. The number of oxazole rings is 1. The monoisotopic (exact) mass is 263 g/mol. The Morgan fingerprint density at radius 3 is 3.00 bits per heavy atom. The van der Waals surface area contributed by atoms with E-state index >= 15 is 0 Å². The molecule has 0 unspecified atom stereocenters. The lowest BCUT2D eigenvalue weighted by molar-refractivity contribution is 0.324. The van der Waals surface area contributed by atoms with Gasteiger partial charge in [-0.1, -0.05) is 6.07 Å². The maximum Gasteiger partial charge on any atom is 0.226 e. The lowest BCUT2D eigenvalue weighted by Gasteiger charge is -2.13. The molecule has 19 heavy (non-hydrogen) atoms. The Labute approximate surface area is 112 Å². The minimum Gasteiger partial charge on any atom is -0.444 e. The third-order valence-corrected chi connectivity index (χ3v) is 2.80. The minimum absolute atomic E-state index is 0.289. The van der Waals surface area contributed by atoms with Gasteiger partial charge in [0.15, 0.2) is 0 Å². The zero-order chi connectivity index (χ0) is 13.7. The minimum atomic E-state index is -0.289. The van der Waals surface area contributed by atoms with Crippen molar-refractivity contribution in [1.82, 2.24) is 15.2 Å². The molecule has 5 heteroatoms. The summed E-state index contributed by atoms with van der Waals surface area (Å²) in [5, 5.41) is 3.09. The number of hydrogen-bond acceptors (Lipinski definition) is 4. The Hall–Kier alpha value is -1.72. The summed E-state index contributed by atoms with van der Waals surface area (Å²) in [6, 6.07) is 6.25. The summed E-state index contributed by atoms with van der Waals surface area (Å²) in [6.45, 7) is 2.56. The molecule has 1 aromatic heterocycles. The van der Waals surface area contributed by atoms with Crippen LogP contribution in [0.2, 0.25) is 0 Å². The molecule has 0 aliphatic heterocycles. The number of aromatic nitrogens is 1. The van der Waals surface area contributed by atoms with Crippen molar-refractivity contribution < 1.29 is 8.81 Å². The number of benzene rings is 1. The van der Waals surface area contributed by atoms with E-state index in [1.54, 1.807) is 18.4 Å². The van der Waals surface area contributed by atoms with Gasteiger partial charge in [-0.25, -0.2) is 9.37 Å². The predicted octanol–water partition coefficient (Wildman–Crippen LogP) is 2.13. The van der Waals surface area contributed by atoms with Crippen molar-refractivity contribution in [2.75, 3.05) is 27.2 Å². The summed E-state index contributed by atoms with van der Waals surface area (Å²) >= 11 is 0. The summed E-state index contributed by atoms with van der Waals surface area (Å²) in [4.78, 5) is 6.52. The number of nitrogens with one attached hydrogen (secondary N) is 1. The van der Waals surface area contributed by atoms with Crippen LogP contribution in [0.1, 0.15) is 5.69 Å². The molecule has 2 aromatic rings. The van der Waals surface area contributed by atoms with Gasteiger partial charge in [-0.2, -0.15) is 0 Å². The van der Waals surface area contributed by atoms with E-state index < -0.39 is 0 Å². The first-order chi connectivity index (χ1) is 9.19. The second-order valence-electron chi connectivity index (χ2n) is 4.50. The number of halogens is 1. The van der Waals surface area contributed by atoms with Gasteiger partial charge in [0.05, 0.1) is 5.69 Å². The van der Waals surface area contributed by atoms with Crippen LogP contribution in [0.25, 0.3) is 11.5 Å². The summed E-state index contributed by atoms with van der Waals surface area (Å²) < 4.78 is 18.5. The Kier molecular flexibility index (Phi) is 4.65. The number of likely N-dealkylation sites (N-methyl/N-ethyl adjacent to an activating group) is 2. The maximum atomic E-state index is 13.1. The molecule has 4 nitrogen and oxygen atoms in total. The highest BCUT2D eigenvalue weighted by atomic mass is 19.1. The normalized spacial score (nSPS) is 11.2. The fraction of sp³-hybridized carbons (Fsp3) is 0.357. The zero-order valence-electron chi connectivity index (χ0n) is 11.2. The standard InChI is InChI=1S/C14H18FN3O/c1-16-6-7-18(2)9-13-10-19-14(17-13)11-4-3-5-12(15)8-11/h3-5,8,10,16H,6-7,9H2,1-2H3. The average Bonchev–Trinajstić information content (AvgIpc) is 2.85. The predicted molar refractivity (Wildman–Crippen MR) is 72.2 cm³/mol. The molecule has 1 aromatic carbocycles. The van der Waals surface area contributed by atoms with E-state index in [1.165, 1.54) is 12.1 Å². The quantitative estimate of drug-likeness (QED) is 0.867. The van der Waals surface area contributed by atoms with E-state index in [4.69, 9.17) is 4.42 Å². The number of rotatable bonds is 6. The highest BCUT2D eigenvalue weighted by Gasteiger charge is 2.09. The van der Waals surface area contributed by atoms with E-state index in [0.717, 1.165) is 18.8 Å². The topological polar surface area (TPSA) is 41.3 Å². The fourth-order valence-electron chi connectivity index (χ4n) is 1.79. The van der Waals surface area contributed by atoms with Crippen LogP contribution in [0.3, 0.4) is 0 Å². The van der Waals surface area contributed by atoms with E-state index in [-0.39, 0.29) is 5.82 Å². The molecule has 1 heterocycles. The second-order valence-corrected chi connectivity index (χ2v) is 4.50. The molecule has 0 bridgehead atoms. The molecular formula is C14H18FN3O. The van der Waals surface area contributed by atoms with Crippen LogP contribution in [0, 0.1) is 5.82 Å². The summed E-state index contributed by atoms with van der Waals surface area (Å²) in [5.41, 5.74) is 1.50. The van der Waals surface area contributed by atoms with Gasteiger partial charge in [-0.05, 0) is 32.3 Å². The van der Waals surface area contributed by atoms with Crippen molar-refractivity contribution >= 4 is 0 Å². The van der Waals surface area contributed by atoms with E-state index in [0.29, 0.717) is 18.0 Å². The highest BCUT2D eigenvalue weighted by molar-refractivity contribution is 5.52. The van der Waals surface area contributed by atoms with Crippen molar-refractivity contribution in [3.8, 4) is 11.5 Å². The molecule has 1 N–H and O–H groups in total. The van der Waals surface area contributed by atoms with Gasteiger partial charge in [0.25, 0.3) is 0 Å². The van der Waals surface area contributed by atoms with Gasteiger partial charge in [0.2, 0.25) is 5.89 Å². The molecular weight excluding hydrogens is 245 g/mol. The molecule has 0 amide bonds. The summed E-state index contributed by atoms with van der Waals surface area (Å²) in [7, 11) is 3.94. The van der Waals surface area contributed by atoms with Crippen LogP contribution in [-0.2, 0) is 6.54 Å². The van der Waals surface area contributed by atoms with E-state index in [1.807, 2.05) is 14.1 Å². The van der Waals surface area contributed by atoms with Crippen LogP contribution in [0.4, 0.5) is 4.39 Å². The molecule has 0 saturated heterocycles. The molecule has 0 fully saturated rings. The van der Waals surface area contributed by atoms with Gasteiger partial charge in [-0.15, -0.1) is 0 Å². The van der Waals surface area contributed by atoms with E-state index in [9.17, 15) is 4.39 Å². The van der Waals surface area contributed by atoms with Crippen LogP contribution in [-0.4, -0.2) is 37.1 Å². The number of hydrogen-bond donors (Lipinski definition) is 1. The van der Waals surface area contributed by atoms with Gasteiger partial charge in [-0.3, -0.25) is 4.90 Å². The Morgan fingerprint density at radius 1 is 1.42 bits per heavy atom. The SMILES string of the molecule is CNCCN(C)Cc1coc(-c2cccc(F)c2)n1. The van der Waals surface area contributed by atoms with E-state index in [2.05, 4.69) is 15.2 Å².